The van der Waals surface area contributed by atoms with Gasteiger partial charge in [-0.15, -0.1) is 0 Å². The Morgan fingerprint density at radius 1 is 1.43 bits per heavy atom. The maximum absolute atomic E-state index is 6.03. The molecule has 1 heterocycles. The van der Waals surface area contributed by atoms with Crippen molar-refractivity contribution in [2.45, 2.75) is 5.50 Å². The molecule has 0 saturated heterocycles. The Labute approximate surface area is 92.5 Å². The number of hydrogen-bond donors (Lipinski definition) is 1. The van der Waals surface area contributed by atoms with Gasteiger partial charge in [0.2, 0.25) is 0 Å². The number of fused-ring (bicyclic) bond motifs is 1. The molecule has 0 aromatic heterocycles. The van der Waals surface area contributed by atoms with Gasteiger partial charge in [0.1, 0.15) is 11.3 Å². The summed E-state index contributed by atoms with van der Waals surface area (Å²) in [5, 5.41) is 3.76. The molecule has 1 unspecified atom stereocenters. The summed E-state index contributed by atoms with van der Waals surface area (Å²) < 4.78 is 5.11. The Bertz CT molecular complexity index is 390. The smallest absolute Gasteiger partial charge is 0.122 e. The Morgan fingerprint density at radius 3 is 2.93 bits per heavy atom. The normalized spacial score (nSPS) is 19.4. The Hall–Kier alpha value is -0.860. The molecular weight excluding hydrogens is 221 g/mol. The lowest BCUT2D eigenvalue weighted by Crippen LogP contribution is -2.14. The first-order chi connectivity index (χ1) is 6.70. The lowest BCUT2D eigenvalue weighted by molar-refractivity contribution is 0.415. The van der Waals surface area contributed by atoms with Gasteiger partial charge in [-0.05, 0) is 18.2 Å². The first-order valence-electron chi connectivity index (χ1n) is 4.17. The molecule has 14 heavy (non-hydrogen) atoms. The first-order valence-corrected chi connectivity index (χ1v) is 4.98. The number of benzene rings is 1. The van der Waals surface area contributed by atoms with Gasteiger partial charge in [0, 0.05) is 22.3 Å². The molecule has 0 amide bonds. The van der Waals surface area contributed by atoms with Crippen molar-refractivity contribution in [1.29, 1.82) is 0 Å². The third-order valence-corrected chi connectivity index (χ3v) is 2.63. The predicted molar refractivity (Wildman–Crippen MR) is 60.1 cm³/mol. The Kier molecular flexibility index (Phi) is 2.57. The number of methoxy groups -OCH3 is 1. The van der Waals surface area contributed by atoms with Gasteiger partial charge in [-0.2, -0.15) is 0 Å². The maximum Gasteiger partial charge on any atom is 0.122 e. The van der Waals surface area contributed by atoms with Crippen molar-refractivity contribution in [1.82, 2.24) is 0 Å². The minimum Gasteiger partial charge on any atom is -0.497 e. The average molecular weight is 230 g/mol. The van der Waals surface area contributed by atoms with E-state index in [0.29, 0.717) is 5.03 Å². The minimum atomic E-state index is -0.262. The van der Waals surface area contributed by atoms with E-state index in [4.69, 9.17) is 27.9 Å². The van der Waals surface area contributed by atoms with E-state index in [9.17, 15) is 0 Å². The van der Waals surface area contributed by atoms with Crippen molar-refractivity contribution in [3.63, 3.8) is 0 Å². The summed E-state index contributed by atoms with van der Waals surface area (Å²) in [6, 6.07) is 5.65. The van der Waals surface area contributed by atoms with Crippen LogP contribution in [0.15, 0.2) is 24.3 Å². The molecule has 1 atom stereocenters. The zero-order valence-electron chi connectivity index (χ0n) is 7.55. The number of rotatable bonds is 1. The van der Waals surface area contributed by atoms with Crippen LogP contribution in [0.3, 0.4) is 0 Å². The second-order valence-corrected chi connectivity index (χ2v) is 3.85. The minimum absolute atomic E-state index is 0.262. The molecule has 74 valence electrons. The van der Waals surface area contributed by atoms with Crippen LogP contribution >= 0.6 is 23.2 Å². The van der Waals surface area contributed by atoms with Gasteiger partial charge >= 0.3 is 0 Å². The molecule has 0 spiro atoms. The SMILES string of the molecule is COc1ccc2c(c1)NC(Cl)C=C2Cl. The molecule has 1 aromatic carbocycles. The molecule has 0 radical (unpaired) electrons. The molecule has 0 aliphatic carbocycles. The van der Waals surface area contributed by atoms with E-state index in [1.807, 2.05) is 18.2 Å². The standard InChI is InChI=1S/C10H9Cl2NO/c1-14-6-2-3-7-8(11)5-10(12)13-9(7)4-6/h2-5,10,13H,1H3. The highest BCUT2D eigenvalue weighted by Gasteiger charge is 2.16. The van der Waals surface area contributed by atoms with Gasteiger partial charge in [0.25, 0.3) is 0 Å². The maximum atomic E-state index is 6.03. The van der Waals surface area contributed by atoms with Crippen LogP contribution in [0, 0.1) is 0 Å². The van der Waals surface area contributed by atoms with Gasteiger partial charge in [-0.3, -0.25) is 0 Å². The summed E-state index contributed by atoms with van der Waals surface area (Å²) >= 11 is 12.0. The topological polar surface area (TPSA) is 21.3 Å². The monoisotopic (exact) mass is 229 g/mol. The molecule has 0 saturated carbocycles. The van der Waals surface area contributed by atoms with E-state index in [1.54, 1.807) is 13.2 Å². The van der Waals surface area contributed by atoms with Crippen LogP contribution in [0.2, 0.25) is 0 Å². The van der Waals surface area contributed by atoms with Crippen molar-refractivity contribution in [3.05, 3.63) is 29.8 Å². The van der Waals surface area contributed by atoms with Crippen LogP contribution < -0.4 is 10.1 Å². The molecule has 0 fully saturated rings. The largest absolute Gasteiger partial charge is 0.497 e. The van der Waals surface area contributed by atoms with Crippen molar-refractivity contribution in [3.8, 4) is 5.75 Å². The number of halogens is 2. The van der Waals surface area contributed by atoms with Crippen LogP contribution in [0.25, 0.3) is 5.03 Å². The summed E-state index contributed by atoms with van der Waals surface area (Å²) in [6.07, 6.45) is 1.76. The molecule has 2 nitrogen and oxygen atoms in total. The fourth-order valence-corrected chi connectivity index (χ4v) is 1.99. The molecule has 1 N–H and O–H groups in total. The van der Waals surface area contributed by atoms with E-state index >= 15 is 0 Å². The van der Waals surface area contributed by atoms with Gasteiger partial charge in [0.05, 0.1) is 7.11 Å². The van der Waals surface area contributed by atoms with Crippen LogP contribution in [0.1, 0.15) is 5.56 Å². The van der Waals surface area contributed by atoms with Crippen molar-refractivity contribution in [2.24, 2.45) is 0 Å². The summed E-state index contributed by atoms with van der Waals surface area (Å²) in [6.45, 7) is 0. The molecule has 2 rings (SSSR count). The van der Waals surface area contributed by atoms with Gasteiger partial charge < -0.3 is 10.1 Å². The summed E-state index contributed by atoms with van der Waals surface area (Å²) in [4.78, 5) is 0. The van der Waals surface area contributed by atoms with Gasteiger partial charge in [-0.1, -0.05) is 23.2 Å². The van der Waals surface area contributed by atoms with Crippen LogP contribution in [-0.4, -0.2) is 12.6 Å². The molecule has 4 heteroatoms. The fourth-order valence-electron chi connectivity index (χ4n) is 1.39. The highest BCUT2D eigenvalue weighted by atomic mass is 35.5. The Balaban J connectivity index is 2.47. The molecule has 1 aromatic rings. The van der Waals surface area contributed by atoms with Crippen LogP contribution in [0.4, 0.5) is 5.69 Å². The molecule has 1 aliphatic heterocycles. The second kappa shape index (κ2) is 3.71. The first kappa shape index (κ1) is 9.69. The summed E-state index contributed by atoms with van der Waals surface area (Å²) in [7, 11) is 1.63. The van der Waals surface area contributed by atoms with Gasteiger partial charge in [-0.25, -0.2) is 0 Å². The molecule has 0 bridgehead atoms. The zero-order chi connectivity index (χ0) is 10.1. The third-order valence-electron chi connectivity index (χ3n) is 2.07. The summed E-state index contributed by atoms with van der Waals surface area (Å²) in [5.74, 6) is 0.784. The predicted octanol–water partition coefficient (Wildman–Crippen LogP) is 3.27. The number of anilines is 1. The molecular formula is C10H9Cl2NO. The number of nitrogens with one attached hydrogen (secondary N) is 1. The second-order valence-electron chi connectivity index (χ2n) is 2.97. The van der Waals surface area contributed by atoms with E-state index in [2.05, 4.69) is 5.32 Å². The van der Waals surface area contributed by atoms with E-state index in [1.165, 1.54) is 0 Å². The van der Waals surface area contributed by atoms with E-state index in [-0.39, 0.29) is 5.50 Å². The average Bonchev–Trinajstić information content (AvgIpc) is 2.16. The summed E-state index contributed by atoms with van der Waals surface area (Å²) in [5.41, 5.74) is 1.59. The third kappa shape index (κ3) is 1.68. The van der Waals surface area contributed by atoms with Crippen molar-refractivity contribution in [2.75, 3.05) is 12.4 Å². The lowest BCUT2D eigenvalue weighted by Gasteiger charge is -2.20. The van der Waals surface area contributed by atoms with Crippen LogP contribution in [0.5, 0.6) is 5.75 Å². The van der Waals surface area contributed by atoms with Crippen molar-refractivity contribution < 1.29 is 4.74 Å². The highest BCUT2D eigenvalue weighted by Crippen LogP contribution is 2.35. The fraction of sp³-hybridized carbons (Fsp3) is 0.200. The zero-order valence-corrected chi connectivity index (χ0v) is 9.06. The highest BCUT2D eigenvalue weighted by molar-refractivity contribution is 6.50. The van der Waals surface area contributed by atoms with Crippen LogP contribution in [-0.2, 0) is 0 Å². The van der Waals surface area contributed by atoms with Crippen molar-refractivity contribution >= 4 is 33.9 Å². The van der Waals surface area contributed by atoms with E-state index in [0.717, 1.165) is 17.0 Å². The quantitative estimate of drug-likeness (QED) is 0.590. The molecule has 1 aliphatic rings. The Morgan fingerprint density at radius 2 is 2.21 bits per heavy atom. The number of hydrogen-bond acceptors (Lipinski definition) is 2. The number of ether oxygens (including phenoxy) is 1. The van der Waals surface area contributed by atoms with E-state index < -0.39 is 0 Å². The van der Waals surface area contributed by atoms with Gasteiger partial charge in [0.15, 0.2) is 0 Å². The number of alkyl halides is 1. The lowest BCUT2D eigenvalue weighted by atomic mass is 10.1.